The molecule has 10 atom stereocenters. The van der Waals surface area contributed by atoms with Crippen LogP contribution in [0, 0.1) is 23.7 Å². The minimum absolute atomic E-state index is 0.130. The number of benzene rings is 4. The Kier molecular flexibility index (Phi) is 5.56. The van der Waals surface area contributed by atoms with Gasteiger partial charge in [-0.2, -0.15) is 26.3 Å². The van der Waals surface area contributed by atoms with E-state index in [1.54, 1.807) is 48.5 Å². The van der Waals surface area contributed by atoms with Crippen molar-refractivity contribution in [2.24, 2.45) is 23.7 Å². The molecule has 6 unspecified atom stereocenters. The summed E-state index contributed by atoms with van der Waals surface area (Å²) in [5, 5.41) is 2.60. The molecule has 6 aliphatic rings. The van der Waals surface area contributed by atoms with Crippen molar-refractivity contribution < 1.29 is 50.0 Å². The second-order valence-corrected chi connectivity index (χ2v) is 14.6. The molecular weight excluding hydrogens is 650 g/mol. The van der Waals surface area contributed by atoms with Crippen LogP contribution in [0.25, 0.3) is 21.5 Å². The van der Waals surface area contributed by atoms with E-state index >= 15 is 26.3 Å². The summed E-state index contributed by atoms with van der Waals surface area (Å²) in [6.07, 6.45) is -9.93. The Balaban J connectivity index is 1.29. The number of ether oxygens (including phenoxy) is 5. The molecule has 6 bridgehead atoms. The highest BCUT2D eigenvalue weighted by atomic mass is 19.4. The highest BCUT2D eigenvalue weighted by Gasteiger charge is 2.95. The second-order valence-electron chi connectivity index (χ2n) is 14.6. The minimum Gasteiger partial charge on any atom is -0.496 e. The van der Waals surface area contributed by atoms with Gasteiger partial charge in [0.05, 0.1) is 28.4 Å². The first-order valence-electron chi connectivity index (χ1n) is 16.6. The van der Waals surface area contributed by atoms with E-state index in [1.165, 1.54) is 28.4 Å². The monoisotopic (exact) mass is 682 g/mol. The fraction of sp³-hybridized carbons (Fsp3) is 0.474. The normalized spacial score (nSPS) is 35.9. The fourth-order valence-electron chi connectivity index (χ4n) is 12.6. The highest BCUT2D eigenvalue weighted by Crippen LogP contribution is 2.88. The zero-order chi connectivity index (χ0) is 34.2. The topological polar surface area (TPSA) is 46.2 Å². The van der Waals surface area contributed by atoms with Gasteiger partial charge in [-0.1, -0.05) is 48.5 Å². The summed E-state index contributed by atoms with van der Waals surface area (Å²) in [4.78, 5) is 0. The lowest BCUT2D eigenvalue weighted by Gasteiger charge is -2.52. The van der Waals surface area contributed by atoms with Gasteiger partial charge in [-0.05, 0) is 36.5 Å². The number of hydrogen-bond acceptors (Lipinski definition) is 5. The number of hydrogen-bond donors (Lipinski definition) is 0. The minimum atomic E-state index is -5.10. The summed E-state index contributed by atoms with van der Waals surface area (Å²) in [7, 11) is 5.83. The van der Waals surface area contributed by atoms with Crippen LogP contribution >= 0.6 is 0 Å². The molecule has 0 N–H and O–H groups in total. The van der Waals surface area contributed by atoms with Crippen molar-refractivity contribution >= 4 is 21.5 Å². The molecule has 5 nitrogen and oxygen atoms in total. The van der Waals surface area contributed by atoms with Gasteiger partial charge in [0.15, 0.2) is 11.2 Å². The Morgan fingerprint density at radius 1 is 0.490 bits per heavy atom. The van der Waals surface area contributed by atoms with Gasteiger partial charge in [0, 0.05) is 67.5 Å². The Morgan fingerprint density at radius 2 is 0.735 bits per heavy atom. The Labute approximate surface area is 277 Å². The van der Waals surface area contributed by atoms with E-state index in [1.807, 2.05) is 0 Å². The summed E-state index contributed by atoms with van der Waals surface area (Å²) >= 11 is 0. The first-order chi connectivity index (χ1) is 23.4. The molecule has 2 saturated carbocycles. The lowest BCUT2D eigenvalue weighted by Crippen LogP contribution is -2.62. The second kappa shape index (κ2) is 9.08. The van der Waals surface area contributed by atoms with Gasteiger partial charge in [-0.15, -0.1) is 0 Å². The van der Waals surface area contributed by atoms with Gasteiger partial charge in [0.25, 0.3) is 0 Å². The smallest absolute Gasteiger partial charge is 0.418 e. The number of fused-ring (bicyclic) bond motifs is 24. The summed E-state index contributed by atoms with van der Waals surface area (Å²) in [6.45, 7) is 0. The number of halogens is 6. The number of alkyl halides is 6. The summed E-state index contributed by atoms with van der Waals surface area (Å²) in [5.41, 5.74) is -4.00. The molecule has 2 heterocycles. The zero-order valence-corrected chi connectivity index (χ0v) is 27.0. The van der Waals surface area contributed by atoms with Crippen LogP contribution in [0.2, 0.25) is 0 Å². The van der Waals surface area contributed by atoms with Crippen LogP contribution in [0.4, 0.5) is 26.3 Å². The van der Waals surface area contributed by atoms with Crippen molar-refractivity contribution in [2.45, 2.75) is 60.1 Å². The fourth-order valence-corrected chi connectivity index (χ4v) is 12.6. The van der Waals surface area contributed by atoms with E-state index in [2.05, 4.69) is 0 Å². The molecule has 2 saturated heterocycles. The maximum Gasteiger partial charge on any atom is 0.418 e. The van der Waals surface area contributed by atoms with Crippen LogP contribution in [0.15, 0.2) is 48.5 Å². The molecular formula is C38H32F6O5. The molecule has 49 heavy (non-hydrogen) atoms. The van der Waals surface area contributed by atoms with E-state index in [9.17, 15) is 0 Å². The number of rotatable bonds is 4. The Bertz CT molecular complexity index is 1850. The van der Waals surface area contributed by atoms with E-state index in [-0.39, 0.29) is 12.8 Å². The zero-order valence-electron chi connectivity index (χ0n) is 27.0. The standard InChI is InChI=1S/C38H32F6O5/c1-45-31-15-9-5-6-10-16(15)32(46-2)24-20-13-19(23(24)31)27-28(20)36(38(42,43)44)30-22-14-21(29(30)35(27,49-36)37(39,40)41)25-26(22)34(48-4)18-12-8-7-11-17(18)33(25)47-3/h5-12,19-22,27-30H,13-14H2,1-4H3/t19-,20-,21+,22+,27?,28?,29?,30?,35?,36?. The van der Waals surface area contributed by atoms with E-state index in [0.717, 1.165) is 0 Å². The third-order valence-electron chi connectivity index (χ3n) is 13.4. The summed E-state index contributed by atoms with van der Waals surface area (Å²) < 4.78 is 127. The molecule has 2 aliphatic heterocycles. The molecule has 0 amide bonds. The molecule has 0 radical (unpaired) electrons. The SMILES string of the molecule is COc1c2c(c(OC)c3ccccc13)[C@H]1C[C@H]2C2C1C1(C(F)(F)F)OC2(C(F)(F)F)C2C1[C@H]1C[C@H]2c2c1c(OC)c1ccccc1c2OC. The lowest BCUT2D eigenvalue weighted by atomic mass is 9.49. The number of methoxy groups -OCH3 is 4. The third kappa shape index (κ3) is 2.98. The van der Waals surface area contributed by atoms with Gasteiger partial charge in [0.1, 0.15) is 23.0 Å². The first-order valence-corrected chi connectivity index (χ1v) is 16.6. The van der Waals surface area contributed by atoms with Crippen molar-refractivity contribution in [3.63, 3.8) is 0 Å². The third-order valence-corrected chi connectivity index (χ3v) is 13.4. The average Bonchev–Trinajstić information content (AvgIpc) is 3.91. The maximum absolute atomic E-state index is 16.2. The molecule has 0 spiro atoms. The van der Waals surface area contributed by atoms with Crippen LogP contribution in [0.5, 0.6) is 23.0 Å². The predicted octanol–water partition coefficient (Wildman–Crippen LogP) is 9.01. The quantitative estimate of drug-likeness (QED) is 0.201. The average molecular weight is 683 g/mol. The van der Waals surface area contributed by atoms with E-state index in [0.29, 0.717) is 66.8 Å². The van der Waals surface area contributed by atoms with Crippen molar-refractivity contribution in [3.05, 3.63) is 70.8 Å². The van der Waals surface area contributed by atoms with Gasteiger partial charge in [-0.3, -0.25) is 0 Å². The molecule has 4 aromatic carbocycles. The van der Waals surface area contributed by atoms with Gasteiger partial charge in [-0.25, -0.2) is 0 Å². The molecule has 10 rings (SSSR count). The van der Waals surface area contributed by atoms with E-state index < -0.39 is 70.9 Å². The van der Waals surface area contributed by atoms with Crippen LogP contribution in [0.1, 0.15) is 58.8 Å². The molecule has 4 aromatic rings. The molecule has 4 aliphatic carbocycles. The Morgan fingerprint density at radius 3 is 0.939 bits per heavy atom. The molecule has 4 fully saturated rings. The lowest BCUT2D eigenvalue weighted by molar-refractivity contribution is -0.327. The van der Waals surface area contributed by atoms with Gasteiger partial charge in [0.2, 0.25) is 0 Å². The van der Waals surface area contributed by atoms with Crippen molar-refractivity contribution in [2.75, 3.05) is 28.4 Å². The van der Waals surface area contributed by atoms with Crippen LogP contribution in [-0.4, -0.2) is 52.0 Å². The van der Waals surface area contributed by atoms with E-state index in [4.69, 9.17) is 23.7 Å². The van der Waals surface area contributed by atoms with Crippen LogP contribution < -0.4 is 18.9 Å². The predicted molar refractivity (Wildman–Crippen MR) is 167 cm³/mol. The van der Waals surface area contributed by atoms with Crippen LogP contribution in [-0.2, 0) is 4.74 Å². The summed E-state index contributed by atoms with van der Waals surface area (Å²) in [6, 6.07) is 14.4. The van der Waals surface area contributed by atoms with Crippen molar-refractivity contribution in [3.8, 4) is 23.0 Å². The largest absolute Gasteiger partial charge is 0.496 e. The highest BCUT2D eigenvalue weighted by molar-refractivity contribution is 5.98. The molecule has 256 valence electrons. The maximum atomic E-state index is 16.2. The molecule has 0 aromatic heterocycles. The summed E-state index contributed by atoms with van der Waals surface area (Å²) in [5.74, 6) is -7.81. The Hall–Kier alpha value is -3.86. The molecule has 11 heteroatoms. The van der Waals surface area contributed by atoms with Gasteiger partial charge >= 0.3 is 12.4 Å². The first kappa shape index (κ1) is 30.0. The van der Waals surface area contributed by atoms with Crippen molar-refractivity contribution in [1.82, 2.24) is 0 Å². The van der Waals surface area contributed by atoms with Gasteiger partial charge < -0.3 is 23.7 Å². The van der Waals surface area contributed by atoms with Crippen molar-refractivity contribution in [1.29, 1.82) is 0 Å². The van der Waals surface area contributed by atoms with Crippen LogP contribution in [0.3, 0.4) is 0 Å².